The SMILES string of the molecule is COC(=O)C(Cc1ccc2[nH]c(=O)[nH]c2c1)NC(=O)OCc1ccccc1. The highest BCUT2D eigenvalue weighted by Gasteiger charge is 2.23. The van der Waals surface area contributed by atoms with Crippen LogP contribution in [0.25, 0.3) is 11.0 Å². The Morgan fingerprint density at radius 2 is 1.78 bits per heavy atom. The maximum absolute atomic E-state index is 12.1. The van der Waals surface area contributed by atoms with Gasteiger partial charge in [-0.15, -0.1) is 0 Å². The van der Waals surface area contributed by atoms with E-state index in [2.05, 4.69) is 15.3 Å². The summed E-state index contributed by atoms with van der Waals surface area (Å²) in [6, 6.07) is 13.5. The number of imidazole rings is 1. The predicted octanol–water partition coefficient (Wildman–Crippen LogP) is 1.87. The molecular formula is C19H19N3O5. The number of hydrogen-bond acceptors (Lipinski definition) is 5. The lowest BCUT2D eigenvalue weighted by atomic mass is 10.1. The van der Waals surface area contributed by atoms with E-state index in [1.54, 1.807) is 18.2 Å². The first-order valence-electron chi connectivity index (χ1n) is 8.31. The molecule has 0 spiro atoms. The number of esters is 1. The summed E-state index contributed by atoms with van der Waals surface area (Å²) in [5.41, 5.74) is 2.55. The lowest BCUT2D eigenvalue weighted by Crippen LogP contribution is -2.43. The van der Waals surface area contributed by atoms with Crippen molar-refractivity contribution in [1.29, 1.82) is 0 Å². The molecule has 1 atom stereocenters. The van der Waals surface area contributed by atoms with Gasteiger partial charge in [0.15, 0.2) is 0 Å². The molecule has 0 aliphatic rings. The van der Waals surface area contributed by atoms with Gasteiger partial charge in [0.1, 0.15) is 12.6 Å². The summed E-state index contributed by atoms with van der Waals surface area (Å²) in [4.78, 5) is 40.7. The Labute approximate surface area is 154 Å². The van der Waals surface area contributed by atoms with E-state index < -0.39 is 18.1 Å². The Bertz CT molecular complexity index is 993. The summed E-state index contributed by atoms with van der Waals surface area (Å²) in [7, 11) is 1.25. The largest absolute Gasteiger partial charge is 0.467 e. The second kappa shape index (κ2) is 8.22. The molecule has 27 heavy (non-hydrogen) atoms. The fraction of sp³-hybridized carbons (Fsp3) is 0.211. The third-order valence-electron chi connectivity index (χ3n) is 4.01. The summed E-state index contributed by atoms with van der Waals surface area (Å²) < 4.78 is 9.92. The molecule has 0 bridgehead atoms. The number of aromatic amines is 2. The quantitative estimate of drug-likeness (QED) is 0.574. The summed E-state index contributed by atoms with van der Waals surface area (Å²) in [6.07, 6.45) is -0.527. The molecule has 0 radical (unpaired) electrons. The van der Waals surface area contributed by atoms with Gasteiger partial charge in [0.2, 0.25) is 0 Å². The molecule has 0 saturated carbocycles. The van der Waals surface area contributed by atoms with Crippen LogP contribution in [-0.2, 0) is 27.3 Å². The molecule has 0 fully saturated rings. The highest BCUT2D eigenvalue weighted by atomic mass is 16.6. The predicted molar refractivity (Wildman–Crippen MR) is 98.2 cm³/mol. The number of amides is 1. The number of H-pyrrole nitrogens is 2. The smallest absolute Gasteiger partial charge is 0.408 e. The van der Waals surface area contributed by atoms with E-state index in [4.69, 9.17) is 9.47 Å². The van der Waals surface area contributed by atoms with Crippen LogP contribution in [0, 0.1) is 0 Å². The molecule has 140 valence electrons. The van der Waals surface area contributed by atoms with Crippen LogP contribution in [0.3, 0.4) is 0 Å². The van der Waals surface area contributed by atoms with Crippen LogP contribution < -0.4 is 11.0 Å². The standard InChI is InChI=1S/C19H19N3O5/c1-26-17(23)16(22-19(25)27-11-12-5-3-2-4-6-12)10-13-7-8-14-15(9-13)21-18(24)20-14/h2-9,16H,10-11H2,1H3,(H,22,25)(H2,20,21,24). The van der Waals surface area contributed by atoms with Crippen molar-refractivity contribution in [2.75, 3.05) is 7.11 Å². The molecule has 2 aromatic carbocycles. The van der Waals surface area contributed by atoms with E-state index in [0.29, 0.717) is 11.0 Å². The summed E-state index contributed by atoms with van der Waals surface area (Å²) in [5, 5.41) is 2.52. The second-order valence-electron chi connectivity index (χ2n) is 5.94. The van der Waals surface area contributed by atoms with Crippen LogP contribution >= 0.6 is 0 Å². The zero-order valence-electron chi connectivity index (χ0n) is 14.7. The van der Waals surface area contributed by atoms with Gasteiger partial charge in [-0.25, -0.2) is 14.4 Å². The van der Waals surface area contributed by atoms with Gasteiger partial charge in [-0.05, 0) is 23.3 Å². The van der Waals surface area contributed by atoms with E-state index >= 15 is 0 Å². The van der Waals surface area contributed by atoms with Crippen LogP contribution in [0.15, 0.2) is 53.3 Å². The Hall–Kier alpha value is -3.55. The van der Waals surface area contributed by atoms with Gasteiger partial charge < -0.3 is 24.8 Å². The average Bonchev–Trinajstić information content (AvgIpc) is 3.05. The van der Waals surface area contributed by atoms with E-state index in [-0.39, 0.29) is 18.7 Å². The molecule has 0 aliphatic heterocycles. The van der Waals surface area contributed by atoms with Crippen LogP contribution in [0.4, 0.5) is 4.79 Å². The van der Waals surface area contributed by atoms with E-state index in [1.807, 2.05) is 30.3 Å². The Kier molecular flexibility index (Phi) is 5.55. The van der Waals surface area contributed by atoms with Crippen molar-refractivity contribution in [3.8, 4) is 0 Å². The lowest BCUT2D eigenvalue weighted by Gasteiger charge is -2.16. The molecule has 3 N–H and O–H groups in total. The maximum atomic E-state index is 12.1. The lowest BCUT2D eigenvalue weighted by molar-refractivity contribution is -0.143. The van der Waals surface area contributed by atoms with E-state index in [0.717, 1.165) is 11.1 Å². The van der Waals surface area contributed by atoms with Gasteiger partial charge in [-0.1, -0.05) is 36.4 Å². The van der Waals surface area contributed by atoms with Crippen molar-refractivity contribution < 1.29 is 19.1 Å². The Morgan fingerprint density at radius 1 is 1.04 bits per heavy atom. The minimum atomic E-state index is -0.915. The third kappa shape index (κ3) is 4.75. The van der Waals surface area contributed by atoms with Crippen molar-refractivity contribution in [3.63, 3.8) is 0 Å². The number of methoxy groups -OCH3 is 1. The first kappa shape index (κ1) is 18.2. The Balaban J connectivity index is 1.66. The van der Waals surface area contributed by atoms with Crippen molar-refractivity contribution in [3.05, 3.63) is 70.1 Å². The highest BCUT2D eigenvalue weighted by Crippen LogP contribution is 2.13. The van der Waals surface area contributed by atoms with Crippen LogP contribution in [0.5, 0.6) is 0 Å². The van der Waals surface area contributed by atoms with Crippen LogP contribution in [0.1, 0.15) is 11.1 Å². The topological polar surface area (TPSA) is 113 Å². The molecule has 8 nitrogen and oxygen atoms in total. The summed E-state index contributed by atoms with van der Waals surface area (Å²) >= 11 is 0. The maximum Gasteiger partial charge on any atom is 0.408 e. The van der Waals surface area contributed by atoms with Crippen molar-refractivity contribution >= 4 is 23.1 Å². The molecule has 0 aliphatic carbocycles. The third-order valence-corrected chi connectivity index (χ3v) is 4.01. The van der Waals surface area contributed by atoms with Crippen LogP contribution in [0.2, 0.25) is 0 Å². The van der Waals surface area contributed by atoms with Crippen molar-refractivity contribution in [2.24, 2.45) is 0 Å². The summed E-state index contributed by atoms with van der Waals surface area (Å²) in [5.74, 6) is -0.589. The number of nitrogens with one attached hydrogen (secondary N) is 3. The minimum Gasteiger partial charge on any atom is -0.467 e. The fourth-order valence-corrected chi connectivity index (χ4v) is 2.68. The molecule has 1 heterocycles. The Morgan fingerprint density at radius 3 is 2.52 bits per heavy atom. The first-order chi connectivity index (χ1) is 13.0. The normalized spacial score (nSPS) is 11.7. The van der Waals surface area contributed by atoms with Crippen LogP contribution in [-0.4, -0.2) is 35.2 Å². The van der Waals surface area contributed by atoms with Gasteiger partial charge in [0.25, 0.3) is 0 Å². The van der Waals surface area contributed by atoms with Gasteiger partial charge in [0.05, 0.1) is 18.1 Å². The van der Waals surface area contributed by atoms with Crippen molar-refractivity contribution in [2.45, 2.75) is 19.1 Å². The zero-order valence-corrected chi connectivity index (χ0v) is 14.7. The molecule has 1 aromatic heterocycles. The molecule has 1 unspecified atom stereocenters. The fourth-order valence-electron chi connectivity index (χ4n) is 2.68. The van der Waals surface area contributed by atoms with Gasteiger partial charge >= 0.3 is 17.8 Å². The number of carbonyl (C=O) groups is 2. The molecule has 1 amide bonds. The van der Waals surface area contributed by atoms with Gasteiger partial charge in [-0.2, -0.15) is 0 Å². The van der Waals surface area contributed by atoms with E-state index in [1.165, 1.54) is 7.11 Å². The van der Waals surface area contributed by atoms with Crippen molar-refractivity contribution in [1.82, 2.24) is 15.3 Å². The monoisotopic (exact) mass is 369 g/mol. The first-order valence-corrected chi connectivity index (χ1v) is 8.31. The molecule has 3 rings (SSSR count). The number of hydrogen-bond donors (Lipinski definition) is 3. The number of benzene rings is 2. The number of aromatic nitrogens is 2. The molecule has 0 saturated heterocycles. The number of alkyl carbamates (subject to hydrolysis) is 1. The minimum absolute atomic E-state index is 0.0944. The number of rotatable bonds is 6. The molecule has 3 aromatic rings. The van der Waals surface area contributed by atoms with Gasteiger partial charge in [0, 0.05) is 6.42 Å². The molecule has 8 heteroatoms. The number of ether oxygens (including phenoxy) is 2. The molecular weight excluding hydrogens is 350 g/mol. The number of fused-ring (bicyclic) bond motifs is 1. The zero-order chi connectivity index (χ0) is 19.2. The number of carbonyl (C=O) groups excluding carboxylic acids is 2. The average molecular weight is 369 g/mol. The summed E-state index contributed by atoms with van der Waals surface area (Å²) in [6.45, 7) is 0.0944. The van der Waals surface area contributed by atoms with E-state index in [9.17, 15) is 14.4 Å². The van der Waals surface area contributed by atoms with Gasteiger partial charge in [-0.3, -0.25) is 0 Å². The second-order valence-corrected chi connectivity index (χ2v) is 5.94. The highest BCUT2D eigenvalue weighted by molar-refractivity contribution is 5.82.